The van der Waals surface area contributed by atoms with Crippen molar-refractivity contribution in [2.75, 3.05) is 0 Å². The summed E-state index contributed by atoms with van der Waals surface area (Å²) in [5.74, 6) is 0. The molecule has 0 N–H and O–H groups in total. The molecule has 1 aliphatic rings. The van der Waals surface area contributed by atoms with Crippen LogP contribution in [0.2, 0.25) is 0 Å². The largest absolute Gasteiger partial charge is 0.0999 e. The van der Waals surface area contributed by atoms with Crippen molar-refractivity contribution in [3.63, 3.8) is 0 Å². The molecule has 0 spiro atoms. The zero-order valence-electron chi connectivity index (χ0n) is 10.4. The number of hydrogen-bond acceptors (Lipinski definition) is 0. The van der Waals surface area contributed by atoms with E-state index in [0.29, 0.717) is 0 Å². The van der Waals surface area contributed by atoms with Crippen LogP contribution in [0.1, 0.15) is 58.3 Å². The molecule has 0 bridgehead atoms. The zero-order valence-corrected chi connectivity index (χ0v) is 12.0. The standard InChI is InChI=1S/C15H23Br/c1-3-4-5-8-13(2)9-6-10-14-11-7-12-15(14)16/h7,12H,2-6,8-11H2,1H3. The molecule has 1 heteroatoms. The molecule has 0 aromatic carbocycles. The van der Waals surface area contributed by atoms with Crippen molar-refractivity contribution in [3.05, 3.63) is 34.4 Å². The number of rotatable bonds is 8. The van der Waals surface area contributed by atoms with Gasteiger partial charge in [-0.15, -0.1) is 0 Å². The Hall–Kier alpha value is -0.300. The second kappa shape index (κ2) is 7.89. The van der Waals surface area contributed by atoms with E-state index in [9.17, 15) is 0 Å². The van der Waals surface area contributed by atoms with Gasteiger partial charge in [-0.25, -0.2) is 0 Å². The molecule has 16 heavy (non-hydrogen) atoms. The molecule has 0 unspecified atom stereocenters. The smallest absolute Gasteiger partial charge is 0.0167 e. The Morgan fingerprint density at radius 3 is 2.69 bits per heavy atom. The first-order valence-electron chi connectivity index (χ1n) is 6.44. The van der Waals surface area contributed by atoms with Gasteiger partial charge in [-0.3, -0.25) is 0 Å². The molecule has 1 aliphatic carbocycles. The molecule has 0 aromatic rings. The van der Waals surface area contributed by atoms with E-state index >= 15 is 0 Å². The average molecular weight is 283 g/mol. The van der Waals surface area contributed by atoms with Crippen LogP contribution in [0.15, 0.2) is 34.4 Å². The first kappa shape index (κ1) is 13.8. The monoisotopic (exact) mass is 282 g/mol. The molecule has 0 atom stereocenters. The minimum Gasteiger partial charge on any atom is -0.0999 e. The second-order valence-electron chi connectivity index (χ2n) is 4.62. The quantitative estimate of drug-likeness (QED) is 0.384. The average Bonchev–Trinajstić information content (AvgIpc) is 2.65. The highest BCUT2D eigenvalue weighted by molar-refractivity contribution is 9.11. The molecule has 0 aliphatic heterocycles. The zero-order chi connectivity index (χ0) is 11.8. The van der Waals surface area contributed by atoms with Crippen LogP contribution < -0.4 is 0 Å². The summed E-state index contributed by atoms with van der Waals surface area (Å²) in [6, 6.07) is 0. The summed E-state index contributed by atoms with van der Waals surface area (Å²) in [5, 5.41) is 0. The molecule has 0 heterocycles. The number of allylic oxidation sites excluding steroid dienone is 5. The van der Waals surface area contributed by atoms with E-state index in [1.807, 2.05) is 0 Å². The molecular formula is C15H23Br. The lowest BCUT2D eigenvalue weighted by molar-refractivity contribution is 0.681. The van der Waals surface area contributed by atoms with E-state index in [1.165, 1.54) is 55.0 Å². The number of halogens is 1. The van der Waals surface area contributed by atoms with Crippen LogP contribution in [0.4, 0.5) is 0 Å². The first-order chi connectivity index (χ1) is 7.74. The number of unbranched alkanes of at least 4 members (excludes halogenated alkanes) is 2. The van der Waals surface area contributed by atoms with Crippen LogP contribution in [-0.4, -0.2) is 0 Å². The van der Waals surface area contributed by atoms with E-state index in [4.69, 9.17) is 0 Å². The van der Waals surface area contributed by atoms with Crippen molar-refractivity contribution in [2.24, 2.45) is 0 Å². The Balaban J connectivity index is 2.07. The topological polar surface area (TPSA) is 0 Å². The Bertz CT molecular complexity index is 284. The van der Waals surface area contributed by atoms with Gasteiger partial charge in [0, 0.05) is 4.48 Å². The highest BCUT2D eigenvalue weighted by Gasteiger charge is 2.06. The van der Waals surface area contributed by atoms with Gasteiger partial charge >= 0.3 is 0 Å². The first-order valence-corrected chi connectivity index (χ1v) is 7.24. The SMILES string of the molecule is C=C(CCCCC)CCCC1=C(Br)C=CC1. The van der Waals surface area contributed by atoms with Gasteiger partial charge in [-0.2, -0.15) is 0 Å². The highest BCUT2D eigenvalue weighted by atomic mass is 79.9. The lowest BCUT2D eigenvalue weighted by Gasteiger charge is -2.06. The van der Waals surface area contributed by atoms with Crippen LogP contribution >= 0.6 is 15.9 Å². The van der Waals surface area contributed by atoms with Gasteiger partial charge in [-0.05, 0) is 38.5 Å². The molecule has 0 saturated carbocycles. The summed E-state index contributed by atoms with van der Waals surface area (Å²) in [4.78, 5) is 0. The van der Waals surface area contributed by atoms with Gasteiger partial charge < -0.3 is 0 Å². The van der Waals surface area contributed by atoms with E-state index < -0.39 is 0 Å². The lowest BCUT2D eigenvalue weighted by atomic mass is 10.0. The third-order valence-corrected chi connectivity index (χ3v) is 3.93. The van der Waals surface area contributed by atoms with E-state index in [-0.39, 0.29) is 0 Å². The van der Waals surface area contributed by atoms with Gasteiger partial charge in [0.1, 0.15) is 0 Å². The predicted molar refractivity (Wildman–Crippen MR) is 76.8 cm³/mol. The van der Waals surface area contributed by atoms with Gasteiger partial charge in [-0.1, -0.05) is 65.6 Å². The minimum atomic E-state index is 1.14. The maximum absolute atomic E-state index is 4.17. The summed E-state index contributed by atoms with van der Waals surface area (Å²) in [6.07, 6.45) is 14.4. The Kier molecular flexibility index (Phi) is 6.79. The van der Waals surface area contributed by atoms with Crippen molar-refractivity contribution in [1.29, 1.82) is 0 Å². The Morgan fingerprint density at radius 2 is 2.06 bits per heavy atom. The molecule has 0 saturated heterocycles. The fraction of sp³-hybridized carbons (Fsp3) is 0.600. The van der Waals surface area contributed by atoms with Gasteiger partial charge in [0.2, 0.25) is 0 Å². The van der Waals surface area contributed by atoms with Crippen molar-refractivity contribution in [1.82, 2.24) is 0 Å². The fourth-order valence-electron chi connectivity index (χ4n) is 2.04. The number of hydrogen-bond donors (Lipinski definition) is 0. The second-order valence-corrected chi connectivity index (χ2v) is 5.47. The van der Waals surface area contributed by atoms with Crippen LogP contribution in [0.3, 0.4) is 0 Å². The van der Waals surface area contributed by atoms with E-state index in [1.54, 1.807) is 5.57 Å². The Morgan fingerprint density at radius 1 is 1.31 bits per heavy atom. The molecular weight excluding hydrogens is 260 g/mol. The molecule has 0 nitrogen and oxygen atoms in total. The highest BCUT2D eigenvalue weighted by Crippen LogP contribution is 2.28. The Labute approximate surface area is 109 Å². The van der Waals surface area contributed by atoms with E-state index in [2.05, 4.69) is 41.6 Å². The summed E-state index contributed by atoms with van der Waals surface area (Å²) in [6.45, 7) is 6.42. The summed E-state index contributed by atoms with van der Waals surface area (Å²) >= 11 is 3.59. The van der Waals surface area contributed by atoms with Crippen molar-refractivity contribution < 1.29 is 0 Å². The van der Waals surface area contributed by atoms with Crippen LogP contribution in [-0.2, 0) is 0 Å². The third kappa shape index (κ3) is 5.16. The lowest BCUT2D eigenvalue weighted by Crippen LogP contribution is -1.86. The van der Waals surface area contributed by atoms with Gasteiger partial charge in [0.05, 0.1) is 0 Å². The normalized spacial score (nSPS) is 14.9. The molecule has 0 amide bonds. The molecule has 1 rings (SSSR count). The summed E-state index contributed by atoms with van der Waals surface area (Å²) in [7, 11) is 0. The summed E-state index contributed by atoms with van der Waals surface area (Å²) < 4.78 is 1.31. The van der Waals surface area contributed by atoms with E-state index in [0.717, 1.165) is 6.42 Å². The van der Waals surface area contributed by atoms with Crippen LogP contribution in [0.5, 0.6) is 0 Å². The fourth-order valence-corrected chi connectivity index (χ4v) is 2.59. The van der Waals surface area contributed by atoms with Gasteiger partial charge in [0.15, 0.2) is 0 Å². The van der Waals surface area contributed by atoms with Crippen LogP contribution in [0.25, 0.3) is 0 Å². The van der Waals surface area contributed by atoms with Crippen molar-refractivity contribution in [2.45, 2.75) is 58.3 Å². The van der Waals surface area contributed by atoms with Crippen molar-refractivity contribution >= 4 is 15.9 Å². The van der Waals surface area contributed by atoms with Crippen LogP contribution in [0, 0.1) is 0 Å². The predicted octanol–water partition coefficient (Wildman–Crippen LogP) is 5.90. The molecule has 0 fully saturated rings. The minimum absolute atomic E-state index is 1.14. The third-order valence-electron chi connectivity index (χ3n) is 3.11. The van der Waals surface area contributed by atoms with Gasteiger partial charge in [0.25, 0.3) is 0 Å². The molecule has 90 valence electrons. The van der Waals surface area contributed by atoms with Crippen molar-refractivity contribution in [3.8, 4) is 0 Å². The maximum Gasteiger partial charge on any atom is 0.0167 e. The maximum atomic E-state index is 4.17. The molecule has 0 radical (unpaired) electrons. The molecule has 0 aromatic heterocycles. The summed E-state index contributed by atoms with van der Waals surface area (Å²) in [5.41, 5.74) is 3.00.